The van der Waals surface area contributed by atoms with Crippen LogP contribution in [0.2, 0.25) is 0 Å². The van der Waals surface area contributed by atoms with E-state index in [2.05, 4.69) is 21.0 Å². The van der Waals surface area contributed by atoms with E-state index in [1.165, 1.54) is 0 Å². The summed E-state index contributed by atoms with van der Waals surface area (Å²) in [4.78, 5) is 2.07. The van der Waals surface area contributed by atoms with Crippen LogP contribution in [0.3, 0.4) is 0 Å². The third-order valence-corrected chi connectivity index (χ3v) is 5.29. The molecule has 2 aromatic heterocycles. The topological polar surface area (TPSA) is 38.1 Å². The molecule has 1 atom stereocenters. The van der Waals surface area contributed by atoms with Crippen LogP contribution in [0.4, 0.5) is 0 Å². The fourth-order valence-corrected chi connectivity index (χ4v) is 3.63. The van der Waals surface area contributed by atoms with Gasteiger partial charge < -0.3 is 5.11 Å². The quantitative estimate of drug-likeness (QED) is 0.774. The van der Waals surface area contributed by atoms with Gasteiger partial charge in [0, 0.05) is 20.4 Å². The zero-order valence-electron chi connectivity index (χ0n) is 10.8. The van der Waals surface area contributed by atoms with Gasteiger partial charge in [-0.25, -0.2) is 4.68 Å². The average Bonchev–Trinajstić information content (AvgIpc) is 3.07. The van der Waals surface area contributed by atoms with Crippen molar-refractivity contribution in [3.63, 3.8) is 0 Å². The van der Waals surface area contributed by atoms with Gasteiger partial charge in [-0.3, -0.25) is 0 Å². The van der Waals surface area contributed by atoms with Gasteiger partial charge in [0.25, 0.3) is 0 Å². The maximum absolute atomic E-state index is 10.6. The molecular weight excluding hydrogens is 336 g/mol. The molecule has 3 aromatic rings. The number of rotatable bonds is 3. The summed E-state index contributed by atoms with van der Waals surface area (Å²) >= 11 is 5.07. The molecule has 20 heavy (non-hydrogen) atoms. The molecule has 102 valence electrons. The van der Waals surface area contributed by atoms with Crippen molar-refractivity contribution in [3.8, 4) is 5.69 Å². The van der Waals surface area contributed by atoms with E-state index in [0.717, 1.165) is 25.6 Å². The maximum atomic E-state index is 10.6. The van der Waals surface area contributed by atoms with Crippen molar-refractivity contribution in [3.05, 3.63) is 68.6 Å². The minimum Gasteiger partial charge on any atom is -0.381 e. The summed E-state index contributed by atoms with van der Waals surface area (Å²) in [6.07, 6.45) is 1.04. The Morgan fingerprint density at radius 1 is 1.25 bits per heavy atom. The summed E-state index contributed by atoms with van der Waals surface area (Å²) in [6, 6.07) is 13.6. The standard InChI is InChI=1S/C15H13BrN2OS/c1-10-12(16)9-14(20-10)15(19)13-7-8-17-18(13)11-5-3-2-4-6-11/h2-9,15,19H,1H3. The number of para-hydroxylation sites is 1. The molecule has 3 rings (SSSR count). The van der Waals surface area contributed by atoms with Gasteiger partial charge in [-0.2, -0.15) is 5.10 Å². The summed E-state index contributed by atoms with van der Waals surface area (Å²) in [5.41, 5.74) is 1.71. The highest BCUT2D eigenvalue weighted by Gasteiger charge is 2.19. The lowest BCUT2D eigenvalue weighted by molar-refractivity contribution is 0.215. The highest BCUT2D eigenvalue weighted by molar-refractivity contribution is 9.10. The molecule has 1 N–H and O–H groups in total. The number of halogens is 1. The monoisotopic (exact) mass is 348 g/mol. The van der Waals surface area contributed by atoms with E-state index in [-0.39, 0.29) is 0 Å². The molecule has 0 aliphatic heterocycles. The fourth-order valence-electron chi connectivity index (χ4n) is 2.07. The molecule has 0 aliphatic carbocycles. The molecule has 0 fully saturated rings. The Labute approximate surface area is 129 Å². The van der Waals surface area contributed by atoms with Gasteiger partial charge >= 0.3 is 0 Å². The average molecular weight is 349 g/mol. The van der Waals surface area contributed by atoms with Crippen molar-refractivity contribution in [1.29, 1.82) is 0 Å². The predicted molar refractivity (Wildman–Crippen MR) is 84.4 cm³/mol. The first kappa shape index (κ1) is 13.5. The highest BCUT2D eigenvalue weighted by Crippen LogP contribution is 2.34. The SMILES string of the molecule is Cc1sc(C(O)c2ccnn2-c2ccccc2)cc1Br. The minimum atomic E-state index is -0.673. The molecule has 0 radical (unpaired) electrons. The second kappa shape index (κ2) is 5.52. The molecule has 0 spiro atoms. The zero-order valence-corrected chi connectivity index (χ0v) is 13.2. The van der Waals surface area contributed by atoms with Crippen LogP contribution in [0, 0.1) is 6.92 Å². The Morgan fingerprint density at radius 2 is 2.00 bits per heavy atom. The molecule has 0 saturated heterocycles. The largest absolute Gasteiger partial charge is 0.381 e. The van der Waals surface area contributed by atoms with Crippen molar-refractivity contribution in [2.45, 2.75) is 13.0 Å². The third-order valence-electron chi connectivity index (χ3n) is 3.10. The van der Waals surface area contributed by atoms with Crippen molar-refractivity contribution in [2.75, 3.05) is 0 Å². The van der Waals surface area contributed by atoms with Gasteiger partial charge in [-0.1, -0.05) is 18.2 Å². The lowest BCUT2D eigenvalue weighted by atomic mass is 10.2. The van der Waals surface area contributed by atoms with Gasteiger partial charge in [0.05, 0.1) is 11.4 Å². The number of thiophene rings is 1. The third kappa shape index (κ3) is 2.44. The summed E-state index contributed by atoms with van der Waals surface area (Å²) in [5.74, 6) is 0. The number of nitrogens with zero attached hydrogens (tertiary/aromatic N) is 2. The predicted octanol–water partition coefficient (Wildman–Crippen LogP) is 4.09. The zero-order chi connectivity index (χ0) is 14.1. The second-order valence-corrected chi connectivity index (χ2v) is 6.60. The molecule has 0 amide bonds. The van der Waals surface area contributed by atoms with Gasteiger partial charge in [0.1, 0.15) is 6.10 Å². The Balaban J connectivity index is 2.01. The van der Waals surface area contributed by atoms with E-state index in [1.54, 1.807) is 22.2 Å². The van der Waals surface area contributed by atoms with Crippen molar-refractivity contribution < 1.29 is 5.11 Å². The molecule has 1 aromatic carbocycles. The summed E-state index contributed by atoms with van der Waals surface area (Å²) in [6.45, 7) is 2.03. The van der Waals surface area contributed by atoms with E-state index in [1.807, 2.05) is 49.4 Å². The van der Waals surface area contributed by atoms with E-state index < -0.39 is 6.10 Å². The Hall–Kier alpha value is -1.43. The summed E-state index contributed by atoms with van der Waals surface area (Å²) in [5, 5.41) is 14.9. The van der Waals surface area contributed by atoms with Gasteiger partial charge in [-0.15, -0.1) is 11.3 Å². The number of aliphatic hydroxyl groups is 1. The van der Waals surface area contributed by atoms with Crippen LogP contribution in [-0.2, 0) is 0 Å². The van der Waals surface area contributed by atoms with Gasteiger partial charge in [-0.05, 0) is 47.1 Å². The Bertz CT molecular complexity index is 701. The molecule has 3 nitrogen and oxygen atoms in total. The molecular formula is C15H13BrN2OS. The lowest BCUT2D eigenvalue weighted by Crippen LogP contribution is -2.07. The van der Waals surface area contributed by atoms with Crippen LogP contribution in [-0.4, -0.2) is 14.9 Å². The van der Waals surface area contributed by atoms with Crippen molar-refractivity contribution in [1.82, 2.24) is 9.78 Å². The van der Waals surface area contributed by atoms with Crippen LogP contribution in [0.25, 0.3) is 5.69 Å². The molecule has 2 heterocycles. The number of hydrogen-bond donors (Lipinski definition) is 1. The number of benzene rings is 1. The number of aliphatic hydroxyl groups excluding tert-OH is 1. The molecule has 1 unspecified atom stereocenters. The first-order valence-corrected chi connectivity index (χ1v) is 7.81. The van der Waals surface area contributed by atoms with Crippen LogP contribution >= 0.6 is 27.3 Å². The first-order chi connectivity index (χ1) is 9.66. The number of aryl methyl sites for hydroxylation is 1. The van der Waals surface area contributed by atoms with Crippen molar-refractivity contribution >= 4 is 27.3 Å². The van der Waals surface area contributed by atoms with Gasteiger partial charge in [0.2, 0.25) is 0 Å². The number of aromatic nitrogens is 2. The Kier molecular flexibility index (Phi) is 3.74. The van der Waals surface area contributed by atoms with Gasteiger partial charge in [0.15, 0.2) is 0 Å². The van der Waals surface area contributed by atoms with Crippen LogP contribution in [0.1, 0.15) is 21.6 Å². The van der Waals surface area contributed by atoms with E-state index in [4.69, 9.17) is 0 Å². The van der Waals surface area contributed by atoms with E-state index in [9.17, 15) is 5.11 Å². The number of hydrogen-bond acceptors (Lipinski definition) is 3. The normalized spacial score (nSPS) is 12.6. The lowest BCUT2D eigenvalue weighted by Gasteiger charge is -2.12. The van der Waals surface area contributed by atoms with Crippen LogP contribution in [0.15, 0.2) is 53.1 Å². The molecule has 0 bridgehead atoms. The molecule has 0 saturated carbocycles. The van der Waals surface area contributed by atoms with E-state index in [0.29, 0.717) is 0 Å². The second-order valence-electron chi connectivity index (χ2n) is 4.46. The summed E-state index contributed by atoms with van der Waals surface area (Å²) < 4.78 is 2.80. The first-order valence-electron chi connectivity index (χ1n) is 6.20. The Morgan fingerprint density at radius 3 is 2.65 bits per heavy atom. The maximum Gasteiger partial charge on any atom is 0.130 e. The van der Waals surface area contributed by atoms with Crippen LogP contribution in [0.5, 0.6) is 0 Å². The summed E-state index contributed by atoms with van der Waals surface area (Å²) in [7, 11) is 0. The minimum absolute atomic E-state index is 0.673. The highest BCUT2D eigenvalue weighted by atomic mass is 79.9. The van der Waals surface area contributed by atoms with Crippen LogP contribution < -0.4 is 0 Å². The molecule has 0 aliphatic rings. The van der Waals surface area contributed by atoms with E-state index >= 15 is 0 Å². The van der Waals surface area contributed by atoms with Crippen molar-refractivity contribution in [2.24, 2.45) is 0 Å². The smallest absolute Gasteiger partial charge is 0.130 e. The molecule has 5 heteroatoms. The fraction of sp³-hybridized carbons (Fsp3) is 0.133.